The van der Waals surface area contributed by atoms with Gasteiger partial charge in [-0.05, 0) is 54.5 Å². The van der Waals surface area contributed by atoms with Crippen LogP contribution in [0.5, 0.6) is 0 Å². The predicted octanol–water partition coefficient (Wildman–Crippen LogP) is 2.23. The maximum Gasteiger partial charge on any atom is 0.253 e. The summed E-state index contributed by atoms with van der Waals surface area (Å²) in [6.45, 7) is 4.05. The summed E-state index contributed by atoms with van der Waals surface area (Å²) in [7, 11) is 0. The monoisotopic (exact) mass is 420 g/mol. The summed E-state index contributed by atoms with van der Waals surface area (Å²) in [5, 5.41) is 21.1. The minimum absolute atomic E-state index is 0.0453. The van der Waals surface area contributed by atoms with E-state index in [2.05, 4.69) is 25.4 Å². The highest BCUT2D eigenvalue weighted by atomic mass is 16.3. The number of aliphatic hydroxyl groups is 1. The second kappa shape index (κ2) is 8.64. The van der Waals surface area contributed by atoms with E-state index >= 15 is 0 Å². The number of anilines is 1. The van der Waals surface area contributed by atoms with Gasteiger partial charge >= 0.3 is 0 Å². The third-order valence-electron chi connectivity index (χ3n) is 6.43. The van der Waals surface area contributed by atoms with E-state index in [4.69, 9.17) is 0 Å². The van der Waals surface area contributed by atoms with E-state index in [0.717, 1.165) is 55.6 Å². The lowest BCUT2D eigenvalue weighted by Gasteiger charge is -2.32. The third-order valence-corrected chi connectivity index (χ3v) is 6.43. The number of aromatic amines is 1. The van der Waals surface area contributed by atoms with Crippen molar-refractivity contribution in [2.75, 3.05) is 38.2 Å². The summed E-state index contributed by atoms with van der Waals surface area (Å²) >= 11 is 0. The molecule has 1 aromatic carbocycles. The number of nitrogens with zero attached hydrogens (tertiary/aromatic N) is 4. The number of aromatic nitrogens is 3. The summed E-state index contributed by atoms with van der Waals surface area (Å²) in [4.78, 5) is 21.6. The number of aliphatic hydroxyl groups excluding tert-OH is 1. The quantitative estimate of drug-likeness (QED) is 0.586. The Hall–Kier alpha value is -2.97. The number of nitrogens with one attached hydrogen (secondary N) is 2. The average Bonchev–Trinajstić information content (AvgIpc) is 3.32. The lowest BCUT2D eigenvalue weighted by Crippen LogP contribution is -2.41. The Morgan fingerprint density at radius 1 is 1.29 bits per heavy atom. The van der Waals surface area contributed by atoms with Crippen molar-refractivity contribution in [3.63, 3.8) is 0 Å². The Bertz CT molecular complexity index is 1080. The van der Waals surface area contributed by atoms with Crippen LogP contribution in [0, 0.1) is 5.92 Å². The number of carbonyl (C=O) groups is 1. The van der Waals surface area contributed by atoms with Gasteiger partial charge in [0.25, 0.3) is 5.91 Å². The van der Waals surface area contributed by atoms with Crippen LogP contribution < -0.4 is 5.32 Å². The SMILES string of the molecule is O=C(c1cccc(NCN2CCc3c(cnc4[nH]ncc34)C2)c1)N1CCCC(CO)C1. The third kappa shape index (κ3) is 4.13. The fraction of sp³-hybridized carbons (Fsp3) is 0.435. The maximum absolute atomic E-state index is 12.9. The van der Waals surface area contributed by atoms with Gasteiger partial charge in [-0.3, -0.25) is 14.8 Å². The average molecular weight is 421 g/mol. The molecule has 1 fully saturated rings. The normalized spacial score (nSPS) is 19.4. The first-order valence-corrected chi connectivity index (χ1v) is 11.0. The summed E-state index contributed by atoms with van der Waals surface area (Å²) in [6, 6.07) is 7.72. The van der Waals surface area contributed by atoms with Crippen LogP contribution in [0.2, 0.25) is 0 Å². The van der Waals surface area contributed by atoms with Gasteiger partial charge in [0.15, 0.2) is 5.65 Å². The highest BCUT2D eigenvalue weighted by molar-refractivity contribution is 5.95. The minimum atomic E-state index is 0.0453. The largest absolute Gasteiger partial charge is 0.396 e. The highest BCUT2D eigenvalue weighted by Gasteiger charge is 2.24. The molecule has 162 valence electrons. The Kier molecular flexibility index (Phi) is 5.57. The second-order valence-electron chi connectivity index (χ2n) is 8.55. The molecule has 31 heavy (non-hydrogen) atoms. The molecule has 0 radical (unpaired) electrons. The first kappa shape index (κ1) is 20.0. The molecule has 3 aromatic rings. The van der Waals surface area contributed by atoms with Crippen LogP contribution in [-0.4, -0.2) is 68.9 Å². The number of amides is 1. The molecule has 2 aromatic heterocycles. The molecule has 5 rings (SSSR count). The van der Waals surface area contributed by atoms with Crippen molar-refractivity contribution in [3.05, 3.63) is 53.3 Å². The zero-order valence-corrected chi connectivity index (χ0v) is 17.5. The van der Waals surface area contributed by atoms with Crippen LogP contribution in [0.3, 0.4) is 0 Å². The summed E-state index contributed by atoms with van der Waals surface area (Å²) in [5.74, 6) is 0.239. The van der Waals surface area contributed by atoms with E-state index in [1.807, 2.05) is 41.6 Å². The van der Waals surface area contributed by atoms with Gasteiger partial charge in [0.1, 0.15) is 0 Å². The van der Waals surface area contributed by atoms with Gasteiger partial charge in [-0.25, -0.2) is 4.98 Å². The highest BCUT2D eigenvalue weighted by Crippen LogP contribution is 2.25. The molecule has 3 N–H and O–H groups in total. The van der Waals surface area contributed by atoms with E-state index in [9.17, 15) is 9.90 Å². The zero-order valence-electron chi connectivity index (χ0n) is 17.5. The Labute approximate surface area is 181 Å². The molecule has 8 nitrogen and oxygen atoms in total. The summed E-state index contributed by atoms with van der Waals surface area (Å²) < 4.78 is 0. The van der Waals surface area contributed by atoms with Gasteiger partial charge in [0.2, 0.25) is 0 Å². The zero-order chi connectivity index (χ0) is 21.2. The standard InChI is InChI=1S/C23H28N6O2/c30-14-16-3-2-7-29(12-16)23(31)17-4-1-5-19(9-17)25-15-28-8-6-20-18(13-28)10-24-22-21(20)11-26-27-22/h1,4-5,9-11,16,25,30H,2-3,6-8,12-15H2,(H,24,26,27). The Balaban J connectivity index is 1.22. The molecule has 0 aliphatic carbocycles. The molecule has 1 atom stereocenters. The van der Waals surface area contributed by atoms with E-state index in [0.29, 0.717) is 18.8 Å². The van der Waals surface area contributed by atoms with E-state index in [1.54, 1.807) is 0 Å². The number of hydrogen-bond donors (Lipinski definition) is 3. The van der Waals surface area contributed by atoms with Gasteiger partial charge < -0.3 is 15.3 Å². The topological polar surface area (TPSA) is 97.4 Å². The molecule has 0 saturated carbocycles. The van der Waals surface area contributed by atoms with E-state index in [-0.39, 0.29) is 18.4 Å². The van der Waals surface area contributed by atoms with Crippen LogP contribution in [-0.2, 0) is 13.0 Å². The van der Waals surface area contributed by atoms with Gasteiger partial charge in [-0.1, -0.05) is 6.07 Å². The number of fused-ring (bicyclic) bond motifs is 3. The van der Waals surface area contributed by atoms with Crippen molar-refractivity contribution < 1.29 is 9.90 Å². The minimum Gasteiger partial charge on any atom is -0.396 e. The molecule has 8 heteroatoms. The lowest BCUT2D eigenvalue weighted by atomic mass is 9.98. The van der Waals surface area contributed by atoms with Crippen LogP contribution in [0.15, 0.2) is 36.7 Å². The summed E-state index contributed by atoms with van der Waals surface area (Å²) in [5.41, 5.74) is 5.07. The Morgan fingerprint density at radius 3 is 3.13 bits per heavy atom. The van der Waals surface area contributed by atoms with Crippen molar-refractivity contribution in [1.29, 1.82) is 0 Å². The van der Waals surface area contributed by atoms with Gasteiger partial charge in [-0.2, -0.15) is 5.10 Å². The van der Waals surface area contributed by atoms with Crippen molar-refractivity contribution in [2.45, 2.75) is 25.8 Å². The number of rotatable bonds is 5. The lowest BCUT2D eigenvalue weighted by molar-refractivity contribution is 0.0621. The van der Waals surface area contributed by atoms with E-state index in [1.165, 1.54) is 11.1 Å². The van der Waals surface area contributed by atoms with Crippen LogP contribution in [0.25, 0.3) is 11.0 Å². The maximum atomic E-state index is 12.9. The number of benzene rings is 1. The predicted molar refractivity (Wildman–Crippen MR) is 119 cm³/mol. The van der Waals surface area contributed by atoms with Gasteiger partial charge in [0.05, 0.1) is 12.9 Å². The number of carbonyl (C=O) groups excluding carboxylic acids is 1. The van der Waals surface area contributed by atoms with Crippen molar-refractivity contribution in [3.8, 4) is 0 Å². The molecule has 4 heterocycles. The van der Waals surface area contributed by atoms with E-state index < -0.39 is 0 Å². The van der Waals surface area contributed by atoms with Gasteiger partial charge in [-0.15, -0.1) is 0 Å². The Morgan fingerprint density at radius 2 is 2.23 bits per heavy atom. The first-order chi connectivity index (χ1) is 15.2. The molecule has 1 unspecified atom stereocenters. The molecular formula is C23H28N6O2. The molecule has 1 saturated heterocycles. The number of hydrogen-bond acceptors (Lipinski definition) is 6. The smallest absolute Gasteiger partial charge is 0.253 e. The van der Waals surface area contributed by atoms with Crippen LogP contribution >= 0.6 is 0 Å². The molecule has 2 aliphatic rings. The number of H-pyrrole nitrogens is 1. The molecular weight excluding hydrogens is 392 g/mol. The number of piperidine rings is 1. The molecule has 1 amide bonds. The van der Waals surface area contributed by atoms with Crippen LogP contribution in [0.4, 0.5) is 5.69 Å². The molecule has 0 bridgehead atoms. The fourth-order valence-electron chi connectivity index (χ4n) is 4.69. The van der Waals surface area contributed by atoms with Crippen LogP contribution in [0.1, 0.15) is 34.3 Å². The fourth-order valence-corrected chi connectivity index (χ4v) is 4.69. The molecule has 2 aliphatic heterocycles. The summed E-state index contributed by atoms with van der Waals surface area (Å²) in [6.07, 6.45) is 6.71. The molecule has 0 spiro atoms. The number of likely N-dealkylation sites (tertiary alicyclic amines) is 1. The van der Waals surface area contributed by atoms with Crippen molar-refractivity contribution in [2.24, 2.45) is 5.92 Å². The second-order valence-corrected chi connectivity index (χ2v) is 8.55. The number of pyridine rings is 1. The van der Waals surface area contributed by atoms with Crippen molar-refractivity contribution in [1.82, 2.24) is 25.0 Å². The first-order valence-electron chi connectivity index (χ1n) is 11.0. The van der Waals surface area contributed by atoms with Gasteiger partial charge in [0, 0.05) is 55.6 Å². The van der Waals surface area contributed by atoms with Crippen molar-refractivity contribution >= 4 is 22.6 Å².